The molecule has 0 unspecified atom stereocenters. The SMILES string of the molecule is C[SiH](C)C.Cc1ccc(C)[nH]1. The number of aromatic amines is 1. The number of hydrogen-bond acceptors (Lipinski definition) is 0. The van der Waals surface area contributed by atoms with Gasteiger partial charge in [-0.3, -0.25) is 0 Å². The minimum absolute atomic E-state index is 0.139. The molecule has 0 amide bonds. The first-order valence-corrected chi connectivity index (χ1v) is 7.61. The fourth-order valence-corrected chi connectivity index (χ4v) is 0.644. The van der Waals surface area contributed by atoms with Gasteiger partial charge in [0, 0.05) is 20.2 Å². The minimum Gasteiger partial charge on any atom is -0.363 e. The monoisotopic (exact) mass is 169 g/mol. The molecule has 1 aromatic rings. The van der Waals surface area contributed by atoms with E-state index in [9.17, 15) is 0 Å². The van der Waals surface area contributed by atoms with Gasteiger partial charge in [-0.25, -0.2) is 0 Å². The van der Waals surface area contributed by atoms with Crippen LogP contribution in [0.1, 0.15) is 11.4 Å². The molecule has 0 radical (unpaired) electrons. The summed E-state index contributed by atoms with van der Waals surface area (Å²) < 4.78 is 0. The summed E-state index contributed by atoms with van der Waals surface area (Å²) >= 11 is 0. The van der Waals surface area contributed by atoms with Gasteiger partial charge in [0.25, 0.3) is 0 Å². The lowest BCUT2D eigenvalue weighted by atomic mass is 10.5. The zero-order valence-electron chi connectivity index (χ0n) is 8.23. The molecule has 0 saturated heterocycles. The van der Waals surface area contributed by atoms with E-state index in [4.69, 9.17) is 0 Å². The van der Waals surface area contributed by atoms with E-state index in [0.29, 0.717) is 0 Å². The van der Waals surface area contributed by atoms with Crippen LogP contribution in [0.15, 0.2) is 12.1 Å². The van der Waals surface area contributed by atoms with Gasteiger partial charge in [0.05, 0.1) is 0 Å². The molecule has 64 valence electrons. The average Bonchev–Trinajstić information content (AvgIpc) is 2.13. The predicted octanol–water partition coefficient (Wildman–Crippen LogP) is 2.73. The molecule has 0 fully saturated rings. The second-order valence-corrected chi connectivity index (χ2v) is 7.02. The highest BCUT2D eigenvalue weighted by atomic mass is 28.3. The molecule has 1 aromatic heterocycles. The van der Waals surface area contributed by atoms with Gasteiger partial charge in [-0.15, -0.1) is 0 Å². The third-order valence-corrected chi connectivity index (χ3v) is 0.978. The van der Waals surface area contributed by atoms with Crippen LogP contribution in [0.2, 0.25) is 19.6 Å². The normalized spacial score (nSPS) is 9.27. The van der Waals surface area contributed by atoms with Crippen molar-refractivity contribution in [1.82, 2.24) is 4.98 Å². The number of aryl methyl sites for hydroxylation is 2. The molecule has 0 saturated carbocycles. The van der Waals surface area contributed by atoms with Gasteiger partial charge in [-0.1, -0.05) is 19.6 Å². The summed E-state index contributed by atoms with van der Waals surface area (Å²) in [5.41, 5.74) is 2.47. The lowest BCUT2D eigenvalue weighted by Crippen LogP contribution is -1.84. The van der Waals surface area contributed by atoms with Crippen LogP contribution in [0.3, 0.4) is 0 Å². The molecule has 0 atom stereocenters. The largest absolute Gasteiger partial charge is 0.363 e. The van der Waals surface area contributed by atoms with E-state index in [1.54, 1.807) is 0 Å². The number of H-pyrrole nitrogens is 1. The fraction of sp³-hybridized carbons (Fsp3) is 0.556. The molecule has 0 bridgehead atoms. The fourth-order valence-electron chi connectivity index (χ4n) is 0.644. The van der Waals surface area contributed by atoms with Crippen LogP contribution in [0, 0.1) is 13.8 Å². The van der Waals surface area contributed by atoms with Crippen molar-refractivity contribution >= 4 is 8.80 Å². The topological polar surface area (TPSA) is 15.8 Å². The smallest absolute Gasteiger partial charge is 0.0274 e. The molecular weight excluding hydrogens is 150 g/mol. The van der Waals surface area contributed by atoms with Crippen LogP contribution in [-0.2, 0) is 0 Å². The van der Waals surface area contributed by atoms with Crippen molar-refractivity contribution in [1.29, 1.82) is 0 Å². The van der Waals surface area contributed by atoms with Crippen molar-refractivity contribution in [2.24, 2.45) is 0 Å². The van der Waals surface area contributed by atoms with Gasteiger partial charge in [-0.2, -0.15) is 0 Å². The number of hydrogen-bond donors (Lipinski definition) is 1. The average molecular weight is 169 g/mol. The number of nitrogens with one attached hydrogen (secondary N) is 1. The van der Waals surface area contributed by atoms with Crippen LogP contribution < -0.4 is 0 Å². The summed E-state index contributed by atoms with van der Waals surface area (Å²) in [6.45, 7) is 11.0. The van der Waals surface area contributed by atoms with Gasteiger partial charge in [0.2, 0.25) is 0 Å². The van der Waals surface area contributed by atoms with E-state index in [0.717, 1.165) is 0 Å². The molecule has 0 aromatic carbocycles. The predicted molar refractivity (Wildman–Crippen MR) is 55.0 cm³/mol. The summed E-state index contributed by atoms with van der Waals surface area (Å²) in [5, 5.41) is 0. The molecule has 1 rings (SSSR count). The summed E-state index contributed by atoms with van der Waals surface area (Å²) in [5.74, 6) is 0. The first-order valence-electron chi connectivity index (χ1n) is 4.14. The van der Waals surface area contributed by atoms with E-state index in [1.165, 1.54) is 11.4 Å². The highest BCUT2D eigenvalue weighted by Crippen LogP contribution is 1.95. The maximum absolute atomic E-state index is 3.14. The van der Waals surface area contributed by atoms with Crippen LogP contribution in [0.25, 0.3) is 0 Å². The Morgan fingerprint density at radius 1 is 1.00 bits per heavy atom. The first kappa shape index (κ1) is 10.5. The Labute approximate surface area is 71.4 Å². The highest BCUT2D eigenvalue weighted by Gasteiger charge is 1.82. The van der Waals surface area contributed by atoms with Gasteiger partial charge >= 0.3 is 0 Å². The van der Waals surface area contributed by atoms with Crippen LogP contribution in [-0.4, -0.2) is 13.8 Å². The number of rotatable bonds is 0. The molecule has 1 N–H and O–H groups in total. The standard InChI is InChI=1S/C6H9N.C3H10Si/c1-5-3-4-6(2)7-5;1-4(2)3/h3-4,7H,1-2H3;4H,1-3H3. The second-order valence-electron chi connectivity index (χ2n) is 3.56. The Kier molecular flexibility index (Phi) is 4.95. The van der Waals surface area contributed by atoms with Gasteiger partial charge < -0.3 is 4.98 Å². The van der Waals surface area contributed by atoms with E-state index < -0.39 is 0 Å². The Bertz CT molecular complexity index is 172. The van der Waals surface area contributed by atoms with Gasteiger partial charge in [-0.05, 0) is 26.0 Å². The lowest BCUT2D eigenvalue weighted by Gasteiger charge is -1.77. The van der Waals surface area contributed by atoms with E-state index in [1.807, 2.05) is 13.8 Å². The molecule has 0 spiro atoms. The lowest BCUT2D eigenvalue weighted by molar-refractivity contribution is 1.19. The Balaban J connectivity index is 0.000000218. The van der Waals surface area contributed by atoms with Crippen LogP contribution in [0.4, 0.5) is 0 Å². The molecule has 1 heterocycles. The third kappa shape index (κ3) is 7.39. The zero-order valence-corrected chi connectivity index (χ0v) is 9.39. The third-order valence-electron chi connectivity index (χ3n) is 0.978. The minimum atomic E-state index is -0.139. The summed E-state index contributed by atoms with van der Waals surface area (Å²) in [7, 11) is -0.139. The van der Waals surface area contributed by atoms with Crippen molar-refractivity contribution in [2.75, 3.05) is 0 Å². The molecule has 0 aliphatic rings. The summed E-state index contributed by atoms with van der Waals surface area (Å²) in [6.07, 6.45) is 0. The summed E-state index contributed by atoms with van der Waals surface area (Å²) in [6, 6.07) is 4.13. The van der Waals surface area contributed by atoms with Gasteiger partial charge in [0.15, 0.2) is 0 Å². The molecule has 0 aliphatic heterocycles. The second kappa shape index (κ2) is 5.19. The van der Waals surface area contributed by atoms with Crippen molar-refractivity contribution in [3.63, 3.8) is 0 Å². The highest BCUT2D eigenvalue weighted by molar-refractivity contribution is 6.54. The molecule has 2 heteroatoms. The zero-order chi connectivity index (χ0) is 8.85. The Morgan fingerprint density at radius 3 is 1.36 bits per heavy atom. The quantitative estimate of drug-likeness (QED) is 0.575. The number of aromatic nitrogens is 1. The van der Waals surface area contributed by atoms with E-state index in [-0.39, 0.29) is 8.80 Å². The Morgan fingerprint density at radius 2 is 1.27 bits per heavy atom. The van der Waals surface area contributed by atoms with Crippen molar-refractivity contribution in [2.45, 2.75) is 33.5 Å². The molecule has 0 aliphatic carbocycles. The first-order chi connectivity index (χ1) is 5.02. The maximum Gasteiger partial charge on any atom is 0.0274 e. The van der Waals surface area contributed by atoms with Crippen molar-refractivity contribution in [3.05, 3.63) is 23.5 Å². The van der Waals surface area contributed by atoms with Crippen LogP contribution >= 0.6 is 0 Å². The molecule has 1 nitrogen and oxygen atoms in total. The Hall–Kier alpha value is -0.503. The van der Waals surface area contributed by atoms with Crippen molar-refractivity contribution in [3.8, 4) is 0 Å². The van der Waals surface area contributed by atoms with Crippen LogP contribution in [0.5, 0.6) is 0 Å². The van der Waals surface area contributed by atoms with Gasteiger partial charge in [0.1, 0.15) is 0 Å². The maximum atomic E-state index is 3.14. The molecule has 11 heavy (non-hydrogen) atoms. The summed E-state index contributed by atoms with van der Waals surface area (Å²) in [4.78, 5) is 3.14. The van der Waals surface area contributed by atoms with E-state index in [2.05, 4.69) is 36.8 Å². The van der Waals surface area contributed by atoms with E-state index >= 15 is 0 Å². The molecular formula is C9H19NSi. The van der Waals surface area contributed by atoms with Crippen molar-refractivity contribution < 1.29 is 0 Å².